The number of alkyl halides is 1. The number of halogens is 2. The Bertz CT molecular complexity index is 1200. The normalized spacial score (nSPS) is 22.1. The standard InChI is InChI=1S/C27H33F2N7O2/c28-19-13-22(35(15-19)24(37)16-36(31)23(14-30)34-11-4-12-34)27(38)33-25(18-5-2-1-3-6-18)21-10-9-20(17-7-8-17)26(29)32-21/h1-3,5-6,9-10,14,17,19,22,25H,4,7-8,11-13,15-16,30-31H2,(H,33,38)/b23-14-/t19-,22+,25+/m1/s1. The fourth-order valence-corrected chi connectivity index (χ4v) is 5.09. The molecule has 5 N–H and O–H groups in total. The number of pyridine rings is 1. The minimum Gasteiger partial charge on any atom is -0.402 e. The van der Waals surface area contributed by atoms with Crippen LogP contribution in [0.4, 0.5) is 8.78 Å². The summed E-state index contributed by atoms with van der Waals surface area (Å²) in [6.07, 6.45) is 2.72. The first-order chi connectivity index (χ1) is 18.4. The number of benzene rings is 1. The summed E-state index contributed by atoms with van der Waals surface area (Å²) in [4.78, 5) is 34.0. The molecule has 3 aliphatic rings. The highest BCUT2D eigenvalue weighted by atomic mass is 19.1. The molecule has 1 aliphatic carbocycles. The molecule has 11 heteroatoms. The van der Waals surface area contributed by atoms with Crippen LogP contribution >= 0.6 is 0 Å². The lowest BCUT2D eigenvalue weighted by Gasteiger charge is -2.39. The van der Waals surface area contributed by atoms with E-state index in [9.17, 15) is 18.4 Å². The number of hydrogen-bond donors (Lipinski definition) is 3. The van der Waals surface area contributed by atoms with Crippen molar-refractivity contribution in [2.24, 2.45) is 11.6 Å². The Hall–Kier alpha value is -3.73. The maximum atomic E-state index is 14.8. The van der Waals surface area contributed by atoms with Crippen molar-refractivity contribution >= 4 is 11.8 Å². The number of nitrogens with zero attached hydrogens (tertiary/aromatic N) is 4. The molecule has 0 unspecified atom stereocenters. The summed E-state index contributed by atoms with van der Waals surface area (Å²) in [5.41, 5.74) is 7.32. The van der Waals surface area contributed by atoms with Crippen LogP contribution in [0.1, 0.15) is 54.5 Å². The highest BCUT2D eigenvalue weighted by Crippen LogP contribution is 2.41. The van der Waals surface area contributed by atoms with Crippen LogP contribution in [0.25, 0.3) is 0 Å². The Morgan fingerprint density at radius 2 is 1.92 bits per heavy atom. The van der Waals surface area contributed by atoms with E-state index in [1.165, 1.54) is 16.1 Å². The van der Waals surface area contributed by atoms with Gasteiger partial charge in [0.1, 0.15) is 24.6 Å². The Labute approximate surface area is 220 Å². The zero-order valence-electron chi connectivity index (χ0n) is 21.1. The van der Waals surface area contributed by atoms with E-state index in [1.54, 1.807) is 24.3 Å². The van der Waals surface area contributed by atoms with E-state index >= 15 is 0 Å². The molecule has 2 amide bonds. The molecule has 38 heavy (non-hydrogen) atoms. The fraction of sp³-hybridized carbons (Fsp3) is 0.444. The van der Waals surface area contributed by atoms with Crippen LogP contribution in [-0.2, 0) is 9.59 Å². The quantitative estimate of drug-likeness (QED) is 0.260. The molecular weight excluding hydrogens is 492 g/mol. The van der Waals surface area contributed by atoms with Gasteiger partial charge < -0.3 is 20.9 Å². The highest BCUT2D eigenvalue weighted by molar-refractivity contribution is 5.89. The molecular formula is C27H33F2N7O2. The number of likely N-dealkylation sites (tertiary alicyclic amines) is 2. The summed E-state index contributed by atoms with van der Waals surface area (Å²) in [5, 5.41) is 4.12. The van der Waals surface area contributed by atoms with Crippen LogP contribution in [0.2, 0.25) is 0 Å². The van der Waals surface area contributed by atoms with Crippen molar-refractivity contribution in [1.82, 2.24) is 25.1 Å². The molecule has 2 saturated heterocycles. The van der Waals surface area contributed by atoms with Gasteiger partial charge in [0, 0.05) is 31.3 Å². The molecule has 9 nitrogen and oxygen atoms in total. The highest BCUT2D eigenvalue weighted by Gasteiger charge is 2.41. The number of nitrogens with two attached hydrogens (primary N) is 2. The van der Waals surface area contributed by atoms with Crippen molar-refractivity contribution in [2.75, 3.05) is 26.2 Å². The number of carbonyl (C=O) groups is 2. The zero-order chi connectivity index (χ0) is 26.8. The van der Waals surface area contributed by atoms with Crippen LogP contribution < -0.4 is 16.9 Å². The zero-order valence-corrected chi connectivity index (χ0v) is 21.1. The number of rotatable bonds is 9. The lowest BCUT2D eigenvalue weighted by atomic mass is 10.0. The molecule has 0 bridgehead atoms. The van der Waals surface area contributed by atoms with Crippen molar-refractivity contribution < 1.29 is 18.4 Å². The molecule has 1 aromatic carbocycles. The van der Waals surface area contributed by atoms with Crippen LogP contribution in [0.5, 0.6) is 0 Å². The summed E-state index contributed by atoms with van der Waals surface area (Å²) in [5.74, 6) is 5.24. The lowest BCUT2D eigenvalue weighted by Crippen LogP contribution is -2.53. The predicted molar refractivity (Wildman–Crippen MR) is 137 cm³/mol. The maximum Gasteiger partial charge on any atom is 0.244 e. The first-order valence-corrected chi connectivity index (χ1v) is 13.0. The van der Waals surface area contributed by atoms with E-state index in [4.69, 9.17) is 11.6 Å². The second kappa shape index (κ2) is 10.9. The van der Waals surface area contributed by atoms with Crippen LogP contribution in [0.15, 0.2) is 54.5 Å². The smallest absolute Gasteiger partial charge is 0.244 e. The van der Waals surface area contributed by atoms with Crippen molar-refractivity contribution in [1.29, 1.82) is 0 Å². The number of carbonyl (C=O) groups excluding carboxylic acids is 2. The topological polar surface area (TPSA) is 121 Å². The Kier molecular flexibility index (Phi) is 7.46. The fourth-order valence-electron chi connectivity index (χ4n) is 5.09. The number of hydrogen-bond acceptors (Lipinski definition) is 7. The second-order valence-corrected chi connectivity index (χ2v) is 10.1. The Morgan fingerprint density at radius 3 is 2.53 bits per heavy atom. The molecule has 0 spiro atoms. The lowest BCUT2D eigenvalue weighted by molar-refractivity contribution is -0.139. The molecule has 3 atom stereocenters. The van der Waals surface area contributed by atoms with Gasteiger partial charge in [-0.15, -0.1) is 0 Å². The first kappa shape index (κ1) is 25.9. The number of nitrogens with one attached hydrogen (secondary N) is 1. The van der Waals surface area contributed by atoms with E-state index in [1.807, 2.05) is 23.1 Å². The summed E-state index contributed by atoms with van der Waals surface area (Å²) < 4.78 is 29.4. The average Bonchev–Trinajstić information content (AvgIpc) is 3.64. The molecule has 1 saturated carbocycles. The summed E-state index contributed by atoms with van der Waals surface area (Å²) >= 11 is 0. The van der Waals surface area contributed by atoms with Crippen molar-refractivity contribution in [2.45, 2.75) is 49.9 Å². The van der Waals surface area contributed by atoms with E-state index in [-0.39, 0.29) is 25.4 Å². The van der Waals surface area contributed by atoms with Crippen LogP contribution in [0, 0.1) is 5.95 Å². The van der Waals surface area contributed by atoms with E-state index in [0.29, 0.717) is 22.6 Å². The maximum absolute atomic E-state index is 14.8. The van der Waals surface area contributed by atoms with Gasteiger partial charge in [-0.2, -0.15) is 4.39 Å². The van der Waals surface area contributed by atoms with Gasteiger partial charge >= 0.3 is 0 Å². The average molecular weight is 526 g/mol. The predicted octanol–water partition coefficient (Wildman–Crippen LogP) is 1.88. The second-order valence-electron chi connectivity index (χ2n) is 10.1. The van der Waals surface area contributed by atoms with E-state index < -0.39 is 36.0 Å². The van der Waals surface area contributed by atoms with Crippen molar-refractivity contribution in [3.05, 3.63) is 77.3 Å². The van der Waals surface area contributed by atoms with Gasteiger partial charge in [-0.3, -0.25) is 14.6 Å². The van der Waals surface area contributed by atoms with Gasteiger partial charge in [0.05, 0.1) is 18.3 Å². The molecule has 0 radical (unpaired) electrons. The minimum absolute atomic E-state index is 0.141. The van der Waals surface area contributed by atoms with Gasteiger partial charge in [-0.05, 0) is 36.8 Å². The summed E-state index contributed by atoms with van der Waals surface area (Å²) in [6.45, 7) is 1.09. The third kappa shape index (κ3) is 5.42. The number of aromatic nitrogens is 1. The molecule has 3 heterocycles. The molecule has 5 rings (SSSR count). The monoisotopic (exact) mass is 525 g/mol. The summed E-state index contributed by atoms with van der Waals surface area (Å²) in [7, 11) is 0. The molecule has 202 valence electrons. The number of hydrazine groups is 1. The van der Waals surface area contributed by atoms with Crippen molar-refractivity contribution in [3.8, 4) is 0 Å². The number of amides is 2. The third-order valence-electron chi connectivity index (χ3n) is 7.43. The largest absolute Gasteiger partial charge is 0.402 e. The summed E-state index contributed by atoms with van der Waals surface area (Å²) in [6, 6.07) is 10.7. The minimum atomic E-state index is -1.36. The molecule has 2 aromatic rings. The van der Waals surface area contributed by atoms with Gasteiger partial charge in [0.15, 0.2) is 0 Å². The van der Waals surface area contributed by atoms with E-state index in [2.05, 4.69) is 10.3 Å². The van der Waals surface area contributed by atoms with Gasteiger partial charge in [-0.25, -0.2) is 15.2 Å². The van der Waals surface area contributed by atoms with Gasteiger partial charge in [-0.1, -0.05) is 36.4 Å². The van der Waals surface area contributed by atoms with E-state index in [0.717, 1.165) is 32.4 Å². The Morgan fingerprint density at radius 1 is 1.18 bits per heavy atom. The SMILES string of the molecule is N/C=C(\N(N)CC(=O)N1C[C@H](F)C[C@H]1C(=O)N[C@@H](c1ccccc1)c1ccc(C2CC2)c(F)n1)N1CCC1. The Balaban J connectivity index is 1.33. The van der Waals surface area contributed by atoms with Crippen LogP contribution in [0.3, 0.4) is 0 Å². The molecule has 1 aromatic heterocycles. The van der Waals surface area contributed by atoms with Crippen molar-refractivity contribution in [3.63, 3.8) is 0 Å². The third-order valence-corrected chi connectivity index (χ3v) is 7.43. The van der Waals surface area contributed by atoms with Gasteiger partial charge in [0.25, 0.3) is 0 Å². The van der Waals surface area contributed by atoms with Gasteiger partial charge in [0.2, 0.25) is 17.8 Å². The van der Waals surface area contributed by atoms with Crippen LogP contribution in [-0.4, -0.2) is 70.0 Å². The molecule has 2 aliphatic heterocycles. The first-order valence-electron chi connectivity index (χ1n) is 13.0. The molecule has 3 fully saturated rings.